The summed E-state index contributed by atoms with van der Waals surface area (Å²) in [5.74, 6) is 0. The van der Waals surface area contributed by atoms with Crippen LogP contribution >= 0.6 is 11.6 Å². The molecular formula is C13H18ClNO. The Hall–Kier alpha value is -0.570. The van der Waals surface area contributed by atoms with E-state index in [1.807, 2.05) is 25.2 Å². The zero-order chi connectivity index (χ0) is 11.4. The van der Waals surface area contributed by atoms with E-state index in [9.17, 15) is 0 Å². The van der Waals surface area contributed by atoms with E-state index in [0.717, 1.165) is 24.5 Å². The van der Waals surface area contributed by atoms with Gasteiger partial charge in [-0.25, -0.2) is 0 Å². The van der Waals surface area contributed by atoms with Crippen LogP contribution in [0.25, 0.3) is 0 Å². The molecule has 1 heterocycles. The van der Waals surface area contributed by atoms with Crippen LogP contribution in [0.15, 0.2) is 24.3 Å². The first-order valence-corrected chi connectivity index (χ1v) is 6.21. The first kappa shape index (κ1) is 11.9. The third kappa shape index (κ3) is 2.76. The van der Waals surface area contributed by atoms with Crippen molar-refractivity contribution in [3.63, 3.8) is 0 Å². The number of nitrogens with one attached hydrogen (secondary N) is 1. The van der Waals surface area contributed by atoms with Crippen molar-refractivity contribution in [2.75, 3.05) is 13.7 Å². The quantitative estimate of drug-likeness (QED) is 0.872. The highest BCUT2D eigenvalue weighted by Gasteiger charge is 2.25. The van der Waals surface area contributed by atoms with Crippen LogP contribution in [-0.4, -0.2) is 25.8 Å². The van der Waals surface area contributed by atoms with E-state index in [1.165, 1.54) is 12.0 Å². The lowest BCUT2D eigenvalue weighted by Gasteiger charge is -2.22. The Labute approximate surface area is 102 Å². The van der Waals surface area contributed by atoms with Gasteiger partial charge in [-0.15, -0.1) is 0 Å². The number of rotatable bonds is 4. The molecule has 0 saturated carbocycles. The van der Waals surface area contributed by atoms with Gasteiger partial charge in [-0.3, -0.25) is 0 Å². The lowest BCUT2D eigenvalue weighted by atomic mass is 9.99. The van der Waals surface area contributed by atoms with Gasteiger partial charge in [0.25, 0.3) is 0 Å². The normalized spacial score (nSPS) is 22.2. The van der Waals surface area contributed by atoms with Crippen molar-refractivity contribution >= 4 is 11.6 Å². The number of halogens is 1. The highest BCUT2D eigenvalue weighted by Crippen LogP contribution is 2.22. The third-order valence-corrected chi connectivity index (χ3v) is 3.55. The average molecular weight is 240 g/mol. The number of hydrogen-bond donors (Lipinski definition) is 1. The predicted octanol–water partition coefficient (Wildman–Crippen LogP) is 2.65. The first-order chi connectivity index (χ1) is 7.81. The van der Waals surface area contributed by atoms with Gasteiger partial charge in [0.15, 0.2) is 0 Å². The zero-order valence-corrected chi connectivity index (χ0v) is 10.3. The summed E-state index contributed by atoms with van der Waals surface area (Å²) in [6.45, 7) is 0.894. The van der Waals surface area contributed by atoms with Crippen LogP contribution in [0.3, 0.4) is 0 Å². The zero-order valence-electron chi connectivity index (χ0n) is 9.58. The van der Waals surface area contributed by atoms with E-state index in [2.05, 4.69) is 11.4 Å². The highest BCUT2D eigenvalue weighted by atomic mass is 35.5. The van der Waals surface area contributed by atoms with E-state index in [0.29, 0.717) is 12.1 Å². The summed E-state index contributed by atoms with van der Waals surface area (Å²) >= 11 is 6.16. The summed E-state index contributed by atoms with van der Waals surface area (Å²) in [6, 6.07) is 8.39. The SMILES string of the molecule is CN[C@H](Cc1ccccc1Cl)[C@H]1CCCO1. The average Bonchev–Trinajstić information content (AvgIpc) is 2.81. The van der Waals surface area contributed by atoms with Crippen molar-refractivity contribution in [2.45, 2.75) is 31.4 Å². The maximum absolute atomic E-state index is 6.16. The van der Waals surface area contributed by atoms with E-state index in [-0.39, 0.29) is 0 Å². The number of ether oxygens (including phenoxy) is 1. The molecule has 1 aromatic carbocycles. The van der Waals surface area contributed by atoms with Crippen LogP contribution in [-0.2, 0) is 11.2 Å². The molecule has 0 aromatic heterocycles. The molecule has 1 aliphatic heterocycles. The number of likely N-dealkylation sites (N-methyl/N-ethyl adjacent to an activating group) is 1. The minimum absolute atomic E-state index is 0.335. The molecule has 0 spiro atoms. The summed E-state index contributed by atoms with van der Waals surface area (Å²) in [4.78, 5) is 0. The second-order valence-electron chi connectivity index (χ2n) is 4.24. The van der Waals surface area contributed by atoms with E-state index in [4.69, 9.17) is 16.3 Å². The Morgan fingerprint density at radius 1 is 1.50 bits per heavy atom. The molecule has 2 atom stereocenters. The molecule has 16 heavy (non-hydrogen) atoms. The summed E-state index contributed by atoms with van der Waals surface area (Å²) in [5.41, 5.74) is 1.19. The second kappa shape index (κ2) is 5.67. The van der Waals surface area contributed by atoms with E-state index < -0.39 is 0 Å². The van der Waals surface area contributed by atoms with Gasteiger partial charge in [-0.2, -0.15) is 0 Å². The molecule has 0 bridgehead atoms. The molecule has 0 amide bonds. The Bertz CT molecular complexity index is 336. The maximum Gasteiger partial charge on any atom is 0.0732 e. The molecule has 1 aliphatic rings. The van der Waals surface area contributed by atoms with Crippen LogP contribution < -0.4 is 5.32 Å². The summed E-state index contributed by atoms with van der Waals surface area (Å²) in [5, 5.41) is 4.18. The number of hydrogen-bond acceptors (Lipinski definition) is 2. The summed E-state index contributed by atoms with van der Waals surface area (Å²) in [6.07, 6.45) is 3.59. The van der Waals surface area contributed by atoms with Crippen molar-refractivity contribution in [1.82, 2.24) is 5.32 Å². The smallest absolute Gasteiger partial charge is 0.0732 e. The molecule has 3 heteroatoms. The minimum Gasteiger partial charge on any atom is -0.377 e. The molecular weight excluding hydrogens is 222 g/mol. The van der Waals surface area contributed by atoms with Gasteiger partial charge in [0.1, 0.15) is 0 Å². The topological polar surface area (TPSA) is 21.3 Å². The highest BCUT2D eigenvalue weighted by molar-refractivity contribution is 6.31. The van der Waals surface area contributed by atoms with Crippen LogP contribution in [0, 0.1) is 0 Å². The van der Waals surface area contributed by atoms with Crippen molar-refractivity contribution in [3.05, 3.63) is 34.9 Å². The molecule has 0 radical (unpaired) electrons. The van der Waals surface area contributed by atoms with Crippen LogP contribution in [0.1, 0.15) is 18.4 Å². The molecule has 0 unspecified atom stereocenters. The van der Waals surface area contributed by atoms with Crippen molar-refractivity contribution in [2.24, 2.45) is 0 Å². The molecule has 1 N–H and O–H groups in total. The van der Waals surface area contributed by atoms with Gasteiger partial charge >= 0.3 is 0 Å². The molecule has 88 valence electrons. The Balaban J connectivity index is 2.03. The Morgan fingerprint density at radius 2 is 2.31 bits per heavy atom. The fourth-order valence-electron chi connectivity index (χ4n) is 2.24. The van der Waals surface area contributed by atoms with Crippen molar-refractivity contribution in [1.29, 1.82) is 0 Å². The monoisotopic (exact) mass is 239 g/mol. The van der Waals surface area contributed by atoms with Crippen LogP contribution in [0.5, 0.6) is 0 Å². The fraction of sp³-hybridized carbons (Fsp3) is 0.538. The van der Waals surface area contributed by atoms with Gasteiger partial charge in [0.05, 0.1) is 6.10 Å². The molecule has 1 aromatic rings. The van der Waals surface area contributed by atoms with Crippen molar-refractivity contribution in [3.8, 4) is 0 Å². The number of benzene rings is 1. The minimum atomic E-state index is 0.335. The van der Waals surface area contributed by atoms with Crippen LogP contribution in [0.4, 0.5) is 0 Å². The third-order valence-electron chi connectivity index (χ3n) is 3.18. The molecule has 1 fully saturated rings. The van der Waals surface area contributed by atoms with Crippen LogP contribution in [0.2, 0.25) is 5.02 Å². The maximum atomic E-state index is 6.16. The standard InChI is InChI=1S/C13H18ClNO/c1-15-12(13-7-4-8-16-13)9-10-5-2-3-6-11(10)14/h2-3,5-6,12-13,15H,4,7-9H2,1H3/t12-,13-/m1/s1. The van der Waals surface area contributed by atoms with Gasteiger partial charge in [0, 0.05) is 17.7 Å². The van der Waals surface area contributed by atoms with E-state index >= 15 is 0 Å². The summed E-state index contributed by atoms with van der Waals surface area (Å²) < 4.78 is 5.71. The lowest BCUT2D eigenvalue weighted by Crippen LogP contribution is -2.39. The van der Waals surface area contributed by atoms with Gasteiger partial charge in [0.2, 0.25) is 0 Å². The predicted molar refractivity (Wildman–Crippen MR) is 67.0 cm³/mol. The summed E-state index contributed by atoms with van der Waals surface area (Å²) in [7, 11) is 1.99. The largest absolute Gasteiger partial charge is 0.377 e. The molecule has 2 rings (SSSR count). The lowest BCUT2D eigenvalue weighted by molar-refractivity contribution is 0.0808. The van der Waals surface area contributed by atoms with E-state index in [1.54, 1.807) is 0 Å². The second-order valence-corrected chi connectivity index (χ2v) is 4.65. The van der Waals surface area contributed by atoms with Gasteiger partial charge < -0.3 is 10.1 Å². The van der Waals surface area contributed by atoms with Crippen molar-refractivity contribution < 1.29 is 4.74 Å². The molecule has 0 aliphatic carbocycles. The fourth-order valence-corrected chi connectivity index (χ4v) is 2.45. The van der Waals surface area contributed by atoms with Gasteiger partial charge in [-0.1, -0.05) is 29.8 Å². The Morgan fingerprint density at radius 3 is 2.94 bits per heavy atom. The molecule has 2 nitrogen and oxygen atoms in total. The Kier molecular flexibility index (Phi) is 4.22. The first-order valence-electron chi connectivity index (χ1n) is 5.83. The molecule has 1 saturated heterocycles. The van der Waals surface area contributed by atoms with Gasteiger partial charge in [-0.05, 0) is 37.9 Å².